The summed E-state index contributed by atoms with van der Waals surface area (Å²) in [5.74, 6) is -0.288. The zero-order chi connectivity index (χ0) is 16.4. The second-order valence-electron chi connectivity index (χ2n) is 6.47. The lowest BCUT2D eigenvalue weighted by atomic mass is 9.99. The Morgan fingerprint density at radius 2 is 2.09 bits per heavy atom. The summed E-state index contributed by atoms with van der Waals surface area (Å²) < 4.78 is 0. The van der Waals surface area contributed by atoms with E-state index in [2.05, 4.69) is 17.6 Å². The molecule has 124 valence electrons. The first-order valence-electron chi connectivity index (χ1n) is 8.12. The summed E-state index contributed by atoms with van der Waals surface area (Å²) in [5.41, 5.74) is 0.796. The van der Waals surface area contributed by atoms with Gasteiger partial charge < -0.3 is 15.5 Å². The van der Waals surface area contributed by atoms with E-state index in [1.165, 1.54) is 0 Å². The molecule has 3 atom stereocenters. The molecule has 0 radical (unpaired) electrons. The molecule has 0 aromatic heterocycles. The van der Waals surface area contributed by atoms with E-state index in [0.717, 1.165) is 25.1 Å². The van der Waals surface area contributed by atoms with E-state index in [1.807, 2.05) is 12.1 Å². The van der Waals surface area contributed by atoms with Crippen molar-refractivity contribution >= 4 is 29.1 Å². The van der Waals surface area contributed by atoms with Crippen molar-refractivity contribution in [2.24, 2.45) is 5.92 Å². The average Bonchev–Trinajstić information content (AvgIpc) is 2.90. The van der Waals surface area contributed by atoms with E-state index >= 15 is 0 Å². The van der Waals surface area contributed by atoms with Crippen LogP contribution in [-0.4, -0.2) is 37.0 Å². The second-order valence-corrected chi connectivity index (χ2v) is 6.90. The zero-order valence-electron chi connectivity index (χ0n) is 13.2. The Labute approximate surface area is 141 Å². The van der Waals surface area contributed by atoms with Crippen molar-refractivity contribution in [1.29, 1.82) is 0 Å². The maximum atomic E-state index is 12.5. The van der Waals surface area contributed by atoms with Gasteiger partial charge in [0.1, 0.15) is 0 Å². The highest BCUT2D eigenvalue weighted by atomic mass is 35.5. The highest BCUT2D eigenvalue weighted by molar-refractivity contribution is 6.30. The molecule has 2 aliphatic rings. The van der Waals surface area contributed by atoms with E-state index in [1.54, 1.807) is 17.0 Å². The topological polar surface area (TPSA) is 61.4 Å². The van der Waals surface area contributed by atoms with Gasteiger partial charge in [-0.25, -0.2) is 0 Å². The highest BCUT2D eigenvalue weighted by Crippen LogP contribution is 2.26. The van der Waals surface area contributed by atoms with Crippen LogP contribution in [0.5, 0.6) is 0 Å². The van der Waals surface area contributed by atoms with Crippen molar-refractivity contribution in [3.63, 3.8) is 0 Å². The molecule has 2 fully saturated rings. The first kappa shape index (κ1) is 16.3. The van der Waals surface area contributed by atoms with Crippen molar-refractivity contribution in [2.45, 2.75) is 38.3 Å². The Balaban J connectivity index is 1.60. The zero-order valence-corrected chi connectivity index (χ0v) is 14.0. The van der Waals surface area contributed by atoms with E-state index in [4.69, 9.17) is 11.6 Å². The molecule has 2 heterocycles. The number of benzene rings is 1. The van der Waals surface area contributed by atoms with Crippen LogP contribution in [-0.2, 0) is 9.59 Å². The van der Waals surface area contributed by atoms with Gasteiger partial charge in [-0.1, -0.05) is 11.6 Å². The number of nitrogens with one attached hydrogen (secondary N) is 2. The van der Waals surface area contributed by atoms with Crippen LogP contribution in [0.15, 0.2) is 24.3 Å². The Kier molecular flexibility index (Phi) is 4.87. The van der Waals surface area contributed by atoms with Crippen molar-refractivity contribution in [2.75, 3.05) is 18.0 Å². The number of carbonyl (C=O) groups is 2. The van der Waals surface area contributed by atoms with Crippen LogP contribution < -0.4 is 15.5 Å². The number of hydrogen-bond donors (Lipinski definition) is 2. The van der Waals surface area contributed by atoms with Crippen LogP contribution in [0.3, 0.4) is 0 Å². The van der Waals surface area contributed by atoms with Gasteiger partial charge in [0.15, 0.2) is 0 Å². The molecule has 1 aromatic carbocycles. The number of rotatable bonds is 3. The molecule has 6 heteroatoms. The third-order valence-corrected chi connectivity index (χ3v) is 4.86. The number of nitrogens with zero attached hydrogens (tertiary/aromatic N) is 1. The fourth-order valence-electron chi connectivity index (χ4n) is 3.34. The molecular weight excluding hydrogens is 314 g/mol. The predicted molar refractivity (Wildman–Crippen MR) is 90.5 cm³/mol. The number of halogens is 1. The summed E-state index contributed by atoms with van der Waals surface area (Å²) in [6, 6.07) is 7.77. The van der Waals surface area contributed by atoms with E-state index in [9.17, 15) is 9.59 Å². The number of amides is 2. The maximum Gasteiger partial charge on any atom is 0.227 e. The Hall–Kier alpha value is -1.59. The molecule has 2 saturated heterocycles. The third-order valence-electron chi connectivity index (χ3n) is 4.60. The maximum absolute atomic E-state index is 12.5. The summed E-state index contributed by atoms with van der Waals surface area (Å²) in [6.07, 6.45) is 2.15. The molecule has 0 bridgehead atoms. The summed E-state index contributed by atoms with van der Waals surface area (Å²) in [7, 11) is 0. The minimum absolute atomic E-state index is 0.00564. The van der Waals surface area contributed by atoms with Crippen LogP contribution in [0.4, 0.5) is 5.69 Å². The second kappa shape index (κ2) is 6.89. The summed E-state index contributed by atoms with van der Waals surface area (Å²) in [4.78, 5) is 26.4. The highest BCUT2D eigenvalue weighted by Gasteiger charge is 2.36. The van der Waals surface area contributed by atoms with Gasteiger partial charge in [-0.15, -0.1) is 0 Å². The van der Waals surface area contributed by atoms with Gasteiger partial charge in [0, 0.05) is 35.8 Å². The van der Waals surface area contributed by atoms with Gasteiger partial charge in [-0.2, -0.15) is 0 Å². The van der Waals surface area contributed by atoms with Crippen LogP contribution in [0, 0.1) is 5.92 Å². The predicted octanol–water partition coefficient (Wildman–Crippen LogP) is 1.95. The number of anilines is 1. The van der Waals surface area contributed by atoms with Gasteiger partial charge in [-0.3, -0.25) is 9.59 Å². The van der Waals surface area contributed by atoms with Gasteiger partial charge in [0.25, 0.3) is 0 Å². The standard InChI is InChI=1S/C17H22ClN3O2/c1-11-8-14(6-7-19-11)20-17(23)12-9-16(22)21(10-12)15-4-2-13(18)3-5-15/h2-5,11-12,14,19H,6-10H2,1H3,(H,20,23). The third kappa shape index (κ3) is 3.85. The van der Waals surface area contributed by atoms with E-state index in [0.29, 0.717) is 17.6 Å². The summed E-state index contributed by atoms with van der Waals surface area (Å²) in [6.45, 7) is 3.49. The van der Waals surface area contributed by atoms with Gasteiger partial charge >= 0.3 is 0 Å². The number of carbonyl (C=O) groups excluding carboxylic acids is 2. The SMILES string of the molecule is CC1CC(NC(=O)C2CC(=O)N(c3ccc(Cl)cc3)C2)CCN1. The minimum atomic E-state index is -0.275. The van der Waals surface area contributed by atoms with Crippen LogP contribution in [0.25, 0.3) is 0 Å². The smallest absolute Gasteiger partial charge is 0.227 e. The molecule has 1 aromatic rings. The fraction of sp³-hybridized carbons (Fsp3) is 0.529. The van der Waals surface area contributed by atoms with Crippen molar-refractivity contribution in [1.82, 2.24) is 10.6 Å². The van der Waals surface area contributed by atoms with Crippen LogP contribution >= 0.6 is 11.6 Å². The van der Waals surface area contributed by atoms with E-state index < -0.39 is 0 Å². The molecule has 2 N–H and O–H groups in total. The first-order valence-corrected chi connectivity index (χ1v) is 8.50. The molecule has 2 amide bonds. The van der Waals surface area contributed by atoms with Crippen LogP contribution in [0.1, 0.15) is 26.2 Å². The minimum Gasteiger partial charge on any atom is -0.353 e. The fourth-order valence-corrected chi connectivity index (χ4v) is 3.46. The Morgan fingerprint density at radius 1 is 1.35 bits per heavy atom. The Bertz CT molecular complexity index is 590. The molecule has 0 spiro atoms. The van der Waals surface area contributed by atoms with Crippen molar-refractivity contribution in [3.8, 4) is 0 Å². The molecule has 2 aliphatic heterocycles. The molecule has 3 unspecified atom stereocenters. The Morgan fingerprint density at radius 3 is 2.78 bits per heavy atom. The number of piperidine rings is 1. The molecule has 3 rings (SSSR count). The summed E-state index contributed by atoms with van der Waals surface area (Å²) in [5, 5.41) is 7.12. The lowest BCUT2D eigenvalue weighted by molar-refractivity contribution is -0.127. The van der Waals surface area contributed by atoms with E-state index in [-0.39, 0.29) is 30.2 Å². The lowest BCUT2D eigenvalue weighted by Gasteiger charge is -2.29. The normalized spacial score (nSPS) is 28.0. The quantitative estimate of drug-likeness (QED) is 0.887. The monoisotopic (exact) mass is 335 g/mol. The van der Waals surface area contributed by atoms with Crippen molar-refractivity contribution in [3.05, 3.63) is 29.3 Å². The van der Waals surface area contributed by atoms with Crippen molar-refractivity contribution < 1.29 is 9.59 Å². The lowest BCUT2D eigenvalue weighted by Crippen LogP contribution is -2.48. The van der Waals surface area contributed by atoms with Crippen LogP contribution in [0.2, 0.25) is 5.02 Å². The summed E-state index contributed by atoms with van der Waals surface area (Å²) >= 11 is 5.88. The largest absolute Gasteiger partial charge is 0.353 e. The average molecular weight is 336 g/mol. The van der Waals surface area contributed by atoms with Gasteiger partial charge in [0.2, 0.25) is 11.8 Å². The first-order chi connectivity index (χ1) is 11.0. The molecule has 5 nitrogen and oxygen atoms in total. The molecule has 0 saturated carbocycles. The molecule has 0 aliphatic carbocycles. The molecular formula is C17H22ClN3O2. The van der Waals surface area contributed by atoms with Gasteiger partial charge in [-0.05, 0) is 50.6 Å². The van der Waals surface area contributed by atoms with Gasteiger partial charge in [0.05, 0.1) is 5.92 Å². The molecule has 23 heavy (non-hydrogen) atoms. The number of hydrogen-bond acceptors (Lipinski definition) is 3.